The number of rotatable bonds is 4. The topological polar surface area (TPSA) is 49.6 Å². The first-order valence-electron chi connectivity index (χ1n) is 9.57. The molecular weight excluding hydrogens is 336 g/mol. The van der Waals surface area contributed by atoms with Crippen molar-refractivity contribution in [3.05, 3.63) is 71.7 Å². The van der Waals surface area contributed by atoms with Gasteiger partial charge in [-0.2, -0.15) is 0 Å². The van der Waals surface area contributed by atoms with Gasteiger partial charge in [0.2, 0.25) is 0 Å². The number of fused-ring (bicyclic) bond motifs is 1. The predicted molar refractivity (Wildman–Crippen MR) is 107 cm³/mol. The standard InChI is InChI=1S/C22H26N4O/c1-16-13-26-15-18(8-9-21(26)23-16)22(27)24-20-10-11-25(2)14-19(20)12-17-6-4-3-5-7-17/h3-9,13,15,19-20H,10-12,14H2,1-2H3,(H,24,27). The summed E-state index contributed by atoms with van der Waals surface area (Å²) in [6.07, 6.45) is 5.77. The van der Waals surface area contributed by atoms with E-state index in [1.54, 1.807) is 0 Å². The van der Waals surface area contributed by atoms with Crippen LogP contribution in [0.2, 0.25) is 0 Å². The Morgan fingerprint density at radius 1 is 1.19 bits per heavy atom. The SMILES string of the molecule is Cc1cn2cc(C(=O)NC3CCN(C)CC3Cc3ccccc3)ccc2n1. The monoisotopic (exact) mass is 362 g/mol. The van der Waals surface area contributed by atoms with E-state index in [0.29, 0.717) is 11.5 Å². The number of aromatic nitrogens is 2. The number of hydrogen-bond donors (Lipinski definition) is 1. The first-order valence-corrected chi connectivity index (χ1v) is 9.57. The van der Waals surface area contributed by atoms with E-state index in [0.717, 1.165) is 37.3 Å². The van der Waals surface area contributed by atoms with Gasteiger partial charge in [-0.05, 0) is 57.0 Å². The number of benzene rings is 1. The highest BCUT2D eigenvalue weighted by atomic mass is 16.1. The van der Waals surface area contributed by atoms with Gasteiger partial charge in [-0.3, -0.25) is 4.79 Å². The molecule has 1 aromatic carbocycles. The minimum absolute atomic E-state index is 0.00383. The van der Waals surface area contributed by atoms with Crippen molar-refractivity contribution in [1.82, 2.24) is 19.6 Å². The summed E-state index contributed by atoms with van der Waals surface area (Å²) in [5.41, 5.74) is 3.82. The number of carbonyl (C=O) groups is 1. The summed E-state index contributed by atoms with van der Waals surface area (Å²) in [6, 6.07) is 14.5. The fourth-order valence-corrected chi connectivity index (χ4v) is 4.03. The minimum atomic E-state index is -0.00383. The summed E-state index contributed by atoms with van der Waals surface area (Å²) in [6.45, 7) is 3.97. The van der Waals surface area contributed by atoms with Crippen molar-refractivity contribution in [1.29, 1.82) is 0 Å². The molecular formula is C22H26N4O. The average Bonchev–Trinajstić information content (AvgIpc) is 3.04. The van der Waals surface area contributed by atoms with E-state index in [2.05, 4.69) is 46.5 Å². The molecule has 4 rings (SSSR count). The molecule has 0 spiro atoms. The number of nitrogens with zero attached hydrogens (tertiary/aromatic N) is 3. The zero-order valence-electron chi connectivity index (χ0n) is 15.9. The smallest absolute Gasteiger partial charge is 0.253 e. The molecule has 0 saturated carbocycles. The van der Waals surface area contributed by atoms with Crippen LogP contribution in [0.25, 0.3) is 5.65 Å². The molecule has 0 aliphatic carbocycles. The van der Waals surface area contributed by atoms with Crippen molar-refractivity contribution < 1.29 is 4.79 Å². The van der Waals surface area contributed by atoms with Crippen molar-refractivity contribution in [3.63, 3.8) is 0 Å². The fourth-order valence-electron chi connectivity index (χ4n) is 4.03. The zero-order valence-corrected chi connectivity index (χ0v) is 15.9. The lowest BCUT2D eigenvalue weighted by Crippen LogP contribution is -2.50. The molecule has 2 unspecified atom stereocenters. The molecule has 5 nitrogen and oxygen atoms in total. The lowest BCUT2D eigenvalue weighted by atomic mass is 9.86. The number of aryl methyl sites for hydroxylation is 1. The molecule has 1 aliphatic rings. The highest BCUT2D eigenvalue weighted by molar-refractivity contribution is 5.94. The predicted octanol–water partition coefficient (Wildman–Crippen LogP) is 2.94. The van der Waals surface area contributed by atoms with Crippen LogP contribution in [-0.4, -0.2) is 46.4 Å². The van der Waals surface area contributed by atoms with Crippen LogP contribution in [-0.2, 0) is 6.42 Å². The molecule has 140 valence electrons. The number of imidazole rings is 1. The molecule has 0 radical (unpaired) electrons. The van der Waals surface area contributed by atoms with Gasteiger partial charge in [-0.15, -0.1) is 0 Å². The van der Waals surface area contributed by atoms with Gasteiger partial charge in [-0.25, -0.2) is 4.98 Å². The average molecular weight is 362 g/mol. The Hall–Kier alpha value is -2.66. The van der Waals surface area contributed by atoms with Crippen LogP contribution in [0.3, 0.4) is 0 Å². The Balaban J connectivity index is 1.50. The van der Waals surface area contributed by atoms with Crippen LogP contribution >= 0.6 is 0 Å². The van der Waals surface area contributed by atoms with Gasteiger partial charge >= 0.3 is 0 Å². The minimum Gasteiger partial charge on any atom is -0.349 e. The maximum Gasteiger partial charge on any atom is 0.253 e. The molecule has 1 saturated heterocycles. The maximum absolute atomic E-state index is 12.9. The van der Waals surface area contributed by atoms with Crippen molar-refractivity contribution in [2.45, 2.75) is 25.8 Å². The molecule has 1 amide bonds. The summed E-state index contributed by atoms with van der Waals surface area (Å²) in [5.74, 6) is 0.408. The van der Waals surface area contributed by atoms with Gasteiger partial charge in [-0.1, -0.05) is 30.3 Å². The Labute approximate surface area is 160 Å². The maximum atomic E-state index is 12.9. The number of carbonyl (C=O) groups excluding carboxylic acids is 1. The lowest BCUT2D eigenvalue weighted by Gasteiger charge is -2.37. The van der Waals surface area contributed by atoms with Crippen LogP contribution in [0.4, 0.5) is 0 Å². The summed E-state index contributed by atoms with van der Waals surface area (Å²) in [4.78, 5) is 19.7. The highest BCUT2D eigenvalue weighted by Crippen LogP contribution is 2.21. The van der Waals surface area contributed by atoms with E-state index in [4.69, 9.17) is 0 Å². The lowest BCUT2D eigenvalue weighted by molar-refractivity contribution is 0.0873. The number of piperidine rings is 1. The van der Waals surface area contributed by atoms with Gasteiger partial charge in [0.15, 0.2) is 0 Å². The van der Waals surface area contributed by atoms with Gasteiger partial charge in [0.05, 0.1) is 11.3 Å². The molecule has 5 heteroatoms. The summed E-state index contributed by atoms with van der Waals surface area (Å²) in [5, 5.41) is 3.30. The van der Waals surface area contributed by atoms with Gasteiger partial charge < -0.3 is 14.6 Å². The Bertz CT molecular complexity index is 934. The van der Waals surface area contributed by atoms with Crippen molar-refractivity contribution >= 4 is 11.6 Å². The Morgan fingerprint density at radius 3 is 2.81 bits per heavy atom. The normalized spacial score (nSPS) is 20.7. The Morgan fingerprint density at radius 2 is 2.00 bits per heavy atom. The van der Waals surface area contributed by atoms with Crippen molar-refractivity contribution in [2.75, 3.05) is 20.1 Å². The van der Waals surface area contributed by atoms with Gasteiger partial charge in [0, 0.05) is 25.0 Å². The van der Waals surface area contributed by atoms with Gasteiger partial charge in [0.25, 0.3) is 5.91 Å². The van der Waals surface area contributed by atoms with Crippen LogP contribution in [0.15, 0.2) is 54.9 Å². The molecule has 0 bridgehead atoms. The number of likely N-dealkylation sites (tertiary alicyclic amines) is 1. The summed E-state index contributed by atoms with van der Waals surface area (Å²) in [7, 11) is 2.16. The molecule has 2 aromatic heterocycles. The molecule has 1 aliphatic heterocycles. The van der Waals surface area contributed by atoms with E-state index in [-0.39, 0.29) is 11.9 Å². The van der Waals surface area contributed by atoms with E-state index in [9.17, 15) is 4.79 Å². The van der Waals surface area contributed by atoms with Crippen molar-refractivity contribution in [2.24, 2.45) is 5.92 Å². The zero-order chi connectivity index (χ0) is 18.8. The first kappa shape index (κ1) is 17.7. The fraction of sp³-hybridized carbons (Fsp3) is 0.364. The molecule has 3 heterocycles. The summed E-state index contributed by atoms with van der Waals surface area (Å²) >= 11 is 0. The number of pyridine rings is 1. The van der Waals surface area contributed by atoms with Crippen LogP contribution in [0.5, 0.6) is 0 Å². The molecule has 3 aromatic rings. The van der Waals surface area contributed by atoms with Crippen LogP contribution in [0, 0.1) is 12.8 Å². The van der Waals surface area contributed by atoms with Crippen LogP contribution < -0.4 is 5.32 Å². The second-order valence-corrected chi connectivity index (χ2v) is 7.65. The third-order valence-electron chi connectivity index (χ3n) is 5.43. The van der Waals surface area contributed by atoms with Crippen molar-refractivity contribution in [3.8, 4) is 0 Å². The van der Waals surface area contributed by atoms with E-state index in [1.807, 2.05) is 41.9 Å². The second-order valence-electron chi connectivity index (χ2n) is 7.65. The quantitative estimate of drug-likeness (QED) is 0.776. The van der Waals surface area contributed by atoms with Gasteiger partial charge in [0.1, 0.15) is 5.65 Å². The Kier molecular flexibility index (Phi) is 4.94. The molecule has 27 heavy (non-hydrogen) atoms. The molecule has 2 atom stereocenters. The number of hydrogen-bond acceptors (Lipinski definition) is 3. The molecule has 1 fully saturated rings. The second kappa shape index (κ2) is 7.53. The van der Waals surface area contributed by atoms with E-state index in [1.165, 1.54) is 5.56 Å². The largest absolute Gasteiger partial charge is 0.349 e. The number of amides is 1. The highest BCUT2D eigenvalue weighted by Gasteiger charge is 2.29. The first-order chi connectivity index (χ1) is 13.1. The third kappa shape index (κ3) is 4.03. The van der Waals surface area contributed by atoms with E-state index >= 15 is 0 Å². The van der Waals surface area contributed by atoms with E-state index < -0.39 is 0 Å². The third-order valence-corrected chi connectivity index (χ3v) is 5.43. The number of nitrogens with one attached hydrogen (secondary N) is 1. The van der Waals surface area contributed by atoms with Crippen LogP contribution in [0.1, 0.15) is 28.0 Å². The summed E-state index contributed by atoms with van der Waals surface area (Å²) < 4.78 is 1.92. The molecule has 1 N–H and O–H groups in total.